The Labute approximate surface area is 129 Å². The van der Waals surface area contributed by atoms with Gasteiger partial charge in [0.1, 0.15) is 5.03 Å². The molecule has 1 aromatic carbocycles. The number of benzene rings is 1. The molecule has 0 aliphatic carbocycles. The summed E-state index contributed by atoms with van der Waals surface area (Å²) < 4.78 is 0. The van der Waals surface area contributed by atoms with Gasteiger partial charge < -0.3 is 10.7 Å². The molecule has 0 aliphatic heterocycles. The Kier molecular flexibility index (Phi) is 3.99. The van der Waals surface area contributed by atoms with Crippen molar-refractivity contribution in [1.82, 2.24) is 9.97 Å². The zero-order valence-electron chi connectivity index (χ0n) is 12.3. The molecule has 0 radical (unpaired) electrons. The quantitative estimate of drug-likeness (QED) is 0.767. The molecule has 3 rings (SSSR count). The van der Waals surface area contributed by atoms with E-state index in [9.17, 15) is 0 Å². The smallest absolute Gasteiger partial charge is 0.105 e. The maximum Gasteiger partial charge on any atom is 0.105 e. The van der Waals surface area contributed by atoms with E-state index in [0.717, 1.165) is 22.0 Å². The van der Waals surface area contributed by atoms with Crippen molar-refractivity contribution in [3.8, 4) is 0 Å². The minimum absolute atomic E-state index is 0.165. The lowest BCUT2D eigenvalue weighted by Gasteiger charge is -2.08. The summed E-state index contributed by atoms with van der Waals surface area (Å²) in [6.07, 6.45) is 2.80. The normalized spacial score (nSPS) is 12.7. The van der Waals surface area contributed by atoms with Crippen LogP contribution in [-0.2, 0) is 6.42 Å². The summed E-state index contributed by atoms with van der Waals surface area (Å²) in [5, 5.41) is 3.38. The van der Waals surface area contributed by atoms with Gasteiger partial charge in [-0.25, -0.2) is 4.98 Å². The van der Waals surface area contributed by atoms with Gasteiger partial charge in [-0.1, -0.05) is 36.0 Å². The molecule has 2 heterocycles. The topological polar surface area (TPSA) is 54.7 Å². The number of nitrogens with zero attached hydrogens (tertiary/aromatic N) is 1. The van der Waals surface area contributed by atoms with Gasteiger partial charge in [-0.2, -0.15) is 0 Å². The molecular formula is C17H19N3S. The third-order valence-corrected chi connectivity index (χ3v) is 4.42. The lowest BCUT2D eigenvalue weighted by atomic mass is 10.1. The number of aryl methyl sites for hydroxylation is 1. The lowest BCUT2D eigenvalue weighted by Crippen LogP contribution is -2.17. The van der Waals surface area contributed by atoms with Crippen molar-refractivity contribution in [2.75, 3.05) is 0 Å². The predicted molar refractivity (Wildman–Crippen MR) is 88.7 cm³/mol. The Morgan fingerprint density at radius 3 is 2.81 bits per heavy atom. The third-order valence-electron chi connectivity index (χ3n) is 3.36. The monoisotopic (exact) mass is 297 g/mol. The average Bonchev–Trinajstić information content (AvgIpc) is 2.83. The van der Waals surface area contributed by atoms with Crippen LogP contribution in [-0.4, -0.2) is 16.0 Å². The van der Waals surface area contributed by atoms with Crippen LogP contribution in [0.2, 0.25) is 0 Å². The number of fused-ring (bicyclic) bond motifs is 1. The van der Waals surface area contributed by atoms with Crippen LogP contribution in [0.3, 0.4) is 0 Å². The van der Waals surface area contributed by atoms with E-state index in [1.54, 1.807) is 11.8 Å². The second kappa shape index (κ2) is 5.92. The molecule has 2 aromatic heterocycles. The summed E-state index contributed by atoms with van der Waals surface area (Å²) in [5.41, 5.74) is 9.39. The molecule has 3 aromatic rings. The predicted octanol–water partition coefficient (Wildman–Crippen LogP) is 3.91. The first kappa shape index (κ1) is 14.2. The van der Waals surface area contributed by atoms with Gasteiger partial charge in [-0.3, -0.25) is 0 Å². The highest BCUT2D eigenvalue weighted by molar-refractivity contribution is 7.99. The fraction of sp³-hybridized carbons (Fsp3) is 0.235. The standard InChI is InChI=1S/C17H19N3S/c1-11-7-13(8-12(2)18)10-19-17(11)21-16-9-14-5-3-4-6-15(14)20-16/h3-7,9-10,12,20H,8,18H2,1-2H3. The highest BCUT2D eigenvalue weighted by atomic mass is 32.2. The van der Waals surface area contributed by atoms with Crippen molar-refractivity contribution in [2.45, 2.75) is 36.4 Å². The zero-order chi connectivity index (χ0) is 14.8. The van der Waals surface area contributed by atoms with Gasteiger partial charge in [0, 0.05) is 23.1 Å². The Morgan fingerprint density at radius 2 is 2.10 bits per heavy atom. The van der Waals surface area contributed by atoms with Crippen LogP contribution in [0.25, 0.3) is 10.9 Å². The molecule has 1 unspecified atom stereocenters. The Bertz CT molecular complexity index is 729. The minimum Gasteiger partial charge on any atom is -0.349 e. The molecule has 0 spiro atoms. The lowest BCUT2D eigenvalue weighted by molar-refractivity contribution is 0.733. The van der Waals surface area contributed by atoms with E-state index >= 15 is 0 Å². The maximum atomic E-state index is 5.84. The molecule has 0 saturated heterocycles. The fourth-order valence-corrected chi connectivity index (χ4v) is 3.30. The van der Waals surface area contributed by atoms with Crippen LogP contribution < -0.4 is 5.73 Å². The Balaban J connectivity index is 1.84. The van der Waals surface area contributed by atoms with Gasteiger partial charge in [0.05, 0.1) is 5.03 Å². The molecule has 0 bridgehead atoms. The van der Waals surface area contributed by atoms with Crippen molar-refractivity contribution < 1.29 is 0 Å². The van der Waals surface area contributed by atoms with Crippen molar-refractivity contribution in [3.05, 3.63) is 53.7 Å². The van der Waals surface area contributed by atoms with Gasteiger partial charge in [-0.05, 0) is 43.5 Å². The second-order valence-electron chi connectivity index (χ2n) is 5.47. The number of aromatic amines is 1. The molecule has 0 saturated carbocycles. The highest BCUT2D eigenvalue weighted by Crippen LogP contribution is 2.30. The van der Waals surface area contributed by atoms with Crippen LogP contribution in [0, 0.1) is 6.92 Å². The fourth-order valence-electron chi connectivity index (χ4n) is 2.42. The number of H-pyrrole nitrogens is 1. The number of pyridine rings is 1. The molecule has 0 amide bonds. The van der Waals surface area contributed by atoms with E-state index in [-0.39, 0.29) is 6.04 Å². The van der Waals surface area contributed by atoms with E-state index in [0.29, 0.717) is 0 Å². The number of hydrogen-bond donors (Lipinski definition) is 2. The number of nitrogens with one attached hydrogen (secondary N) is 1. The number of nitrogens with two attached hydrogens (primary N) is 1. The zero-order valence-corrected chi connectivity index (χ0v) is 13.1. The van der Waals surface area contributed by atoms with Gasteiger partial charge in [0.2, 0.25) is 0 Å². The van der Waals surface area contributed by atoms with Crippen molar-refractivity contribution in [1.29, 1.82) is 0 Å². The Hall–Kier alpha value is -1.78. The Morgan fingerprint density at radius 1 is 1.29 bits per heavy atom. The van der Waals surface area contributed by atoms with Crippen LogP contribution in [0.1, 0.15) is 18.1 Å². The van der Waals surface area contributed by atoms with Gasteiger partial charge in [-0.15, -0.1) is 0 Å². The SMILES string of the molecule is Cc1cc(CC(C)N)cnc1Sc1cc2ccccc2[nH]1. The van der Waals surface area contributed by atoms with E-state index in [1.165, 1.54) is 16.5 Å². The third kappa shape index (κ3) is 3.28. The second-order valence-corrected chi connectivity index (χ2v) is 6.50. The molecule has 4 heteroatoms. The minimum atomic E-state index is 0.165. The first-order valence-electron chi connectivity index (χ1n) is 7.08. The number of hydrogen-bond acceptors (Lipinski definition) is 3. The van der Waals surface area contributed by atoms with Gasteiger partial charge >= 0.3 is 0 Å². The summed E-state index contributed by atoms with van der Waals surface area (Å²) >= 11 is 1.67. The summed E-state index contributed by atoms with van der Waals surface area (Å²) in [6, 6.07) is 12.8. The average molecular weight is 297 g/mol. The van der Waals surface area contributed by atoms with Crippen LogP contribution in [0.5, 0.6) is 0 Å². The van der Waals surface area contributed by atoms with E-state index in [4.69, 9.17) is 5.73 Å². The molecule has 1 atom stereocenters. The molecular weight excluding hydrogens is 278 g/mol. The molecule has 0 aliphatic rings. The summed E-state index contributed by atoms with van der Waals surface area (Å²) in [7, 11) is 0. The van der Waals surface area contributed by atoms with Crippen molar-refractivity contribution in [2.24, 2.45) is 5.73 Å². The largest absolute Gasteiger partial charge is 0.349 e. The van der Waals surface area contributed by atoms with Crippen molar-refractivity contribution >= 4 is 22.7 Å². The van der Waals surface area contributed by atoms with Gasteiger partial charge in [0.15, 0.2) is 0 Å². The number of aromatic nitrogens is 2. The number of para-hydroxylation sites is 1. The van der Waals surface area contributed by atoms with E-state index in [1.807, 2.05) is 19.2 Å². The number of rotatable bonds is 4. The van der Waals surface area contributed by atoms with E-state index in [2.05, 4.69) is 47.2 Å². The first-order chi connectivity index (χ1) is 10.1. The molecule has 21 heavy (non-hydrogen) atoms. The van der Waals surface area contributed by atoms with Crippen LogP contribution in [0.15, 0.2) is 52.6 Å². The summed E-state index contributed by atoms with van der Waals surface area (Å²) in [6.45, 7) is 4.12. The summed E-state index contributed by atoms with van der Waals surface area (Å²) in [5.74, 6) is 0. The molecule has 3 N–H and O–H groups in total. The first-order valence-corrected chi connectivity index (χ1v) is 7.90. The van der Waals surface area contributed by atoms with Crippen molar-refractivity contribution in [3.63, 3.8) is 0 Å². The van der Waals surface area contributed by atoms with Gasteiger partial charge in [0.25, 0.3) is 0 Å². The van der Waals surface area contributed by atoms with E-state index < -0.39 is 0 Å². The highest BCUT2D eigenvalue weighted by Gasteiger charge is 2.08. The molecule has 3 nitrogen and oxygen atoms in total. The molecule has 108 valence electrons. The molecule has 0 fully saturated rings. The maximum absolute atomic E-state index is 5.84. The summed E-state index contributed by atoms with van der Waals surface area (Å²) in [4.78, 5) is 8.01. The van der Waals surface area contributed by atoms with Crippen LogP contribution >= 0.6 is 11.8 Å². The van der Waals surface area contributed by atoms with Crippen LogP contribution in [0.4, 0.5) is 0 Å².